The molecule has 0 saturated carbocycles. The van der Waals surface area contributed by atoms with Crippen molar-refractivity contribution >= 4 is 11.1 Å². The van der Waals surface area contributed by atoms with Crippen molar-refractivity contribution in [1.29, 1.82) is 0 Å². The summed E-state index contributed by atoms with van der Waals surface area (Å²) in [6.45, 7) is 0. The first-order valence-corrected chi connectivity index (χ1v) is 5.74. The Morgan fingerprint density at radius 3 is 2.25 bits per heavy atom. The first kappa shape index (κ1) is 12.5. The molecule has 6 heteroatoms. The van der Waals surface area contributed by atoms with Crippen molar-refractivity contribution in [1.82, 2.24) is 4.98 Å². The molecule has 1 N–H and O–H groups in total. The second kappa shape index (κ2) is 4.26. The topological polar surface area (TPSA) is 46.0 Å². The molecule has 0 aliphatic carbocycles. The minimum atomic E-state index is -4.35. The van der Waals surface area contributed by atoms with Crippen molar-refractivity contribution in [3.8, 4) is 11.1 Å². The Balaban J connectivity index is 2.04. The molecule has 1 heterocycles. The normalized spacial score (nSPS) is 11.9. The summed E-state index contributed by atoms with van der Waals surface area (Å²) in [5.41, 5.74) is 1.54. The molecule has 0 saturated heterocycles. The van der Waals surface area contributed by atoms with E-state index in [1.165, 1.54) is 12.1 Å². The van der Waals surface area contributed by atoms with Crippen LogP contribution in [0.15, 0.2) is 51.7 Å². The first-order chi connectivity index (χ1) is 9.43. The smallest absolute Gasteiger partial charge is 0.408 e. The van der Waals surface area contributed by atoms with E-state index in [2.05, 4.69) is 4.98 Å². The standard InChI is InChI=1S/C14H8F3NO2/c15-14(16,17)10-4-1-8(2-5-10)9-3-6-12-11(7-9)18-13(19)20-12/h1-7H,(H,18,19). The fourth-order valence-corrected chi connectivity index (χ4v) is 1.98. The summed E-state index contributed by atoms with van der Waals surface area (Å²) in [7, 11) is 0. The molecule has 3 aromatic rings. The van der Waals surface area contributed by atoms with Gasteiger partial charge in [-0.2, -0.15) is 13.2 Å². The molecule has 0 atom stereocenters. The van der Waals surface area contributed by atoms with Gasteiger partial charge in [-0.05, 0) is 35.4 Å². The Morgan fingerprint density at radius 1 is 0.950 bits per heavy atom. The number of aromatic amines is 1. The van der Waals surface area contributed by atoms with Crippen molar-refractivity contribution in [2.45, 2.75) is 6.18 Å². The Hall–Kier alpha value is -2.50. The third-order valence-corrected chi connectivity index (χ3v) is 2.96. The Kier molecular flexibility index (Phi) is 2.67. The van der Waals surface area contributed by atoms with Crippen LogP contribution in [0, 0.1) is 0 Å². The van der Waals surface area contributed by atoms with Crippen molar-refractivity contribution < 1.29 is 17.6 Å². The molecule has 20 heavy (non-hydrogen) atoms. The zero-order chi connectivity index (χ0) is 14.3. The molecule has 0 unspecified atom stereocenters. The van der Waals surface area contributed by atoms with E-state index in [4.69, 9.17) is 4.42 Å². The minimum Gasteiger partial charge on any atom is -0.408 e. The molecule has 1 aromatic heterocycles. The van der Waals surface area contributed by atoms with Crippen LogP contribution in [-0.2, 0) is 6.18 Å². The SMILES string of the molecule is O=c1[nH]c2cc(-c3ccc(C(F)(F)F)cc3)ccc2o1. The summed E-state index contributed by atoms with van der Waals surface area (Å²) in [4.78, 5) is 13.5. The van der Waals surface area contributed by atoms with Gasteiger partial charge in [0.15, 0.2) is 5.58 Å². The molecular formula is C14H8F3NO2. The lowest BCUT2D eigenvalue weighted by molar-refractivity contribution is -0.137. The highest BCUT2D eigenvalue weighted by atomic mass is 19.4. The van der Waals surface area contributed by atoms with E-state index in [0.717, 1.165) is 12.1 Å². The number of fused-ring (bicyclic) bond motifs is 1. The van der Waals surface area contributed by atoms with E-state index in [1.807, 2.05) is 0 Å². The maximum Gasteiger partial charge on any atom is 0.417 e. The van der Waals surface area contributed by atoms with Crippen LogP contribution in [0.3, 0.4) is 0 Å². The highest BCUT2D eigenvalue weighted by Crippen LogP contribution is 2.31. The van der Waals surface area contributed by atoms with Gasteiger partial charge in [0.25, 0.3) is 0 Å². The van der Waals surface area contributed by atoms with Gasteiger partial charge in [-0.3, -0.25) is 4.98 Å². The van der Waals surface area contributed by atoms with Gasteiger partial charge in [-0.25, -0.2) is 4.79 Å². The molecule has 3 rings (SSSR count). The van der Waals surface area contributed by atoms with Crippen LogP contribution in [-0.4, -0.2) is 4.98 Å². The van der Waals surface area contributed by atoms with E-state index >= 15 is 0 Å². The predicted molar refractivity (Wildman–Crippen MR) is 67.3 cm³/mol. The van der Waals surface area contributed by atoms with Crippen LogP contribution in [0.1, 0.15) is 5.56 Å². The minimum absolute atomic E-state index is 0.408. The maximum absolute atomic E-state index is 12.5. The van der Waals surface area contributed by atoms with Crippen LogP contribution in [0.2, 0.25) is 0 Å². The largest absolute Gasteiger partial charge is 0.417 e. The maximum atomic E-state index is 12.5. The average Bonchev–Trinajstić information content (AvgIpc) is 2.77. The number of aromatic nitrogens is 1. The molecule has 0 amide bonds. The fourth-order valence-electron chi connectivity index (χ4n) is 1.98. The van der Waals surface area contributed by atoms with Crippen molar-refractivity contribution in [2.24, 2.45) is 0 Å². The summed E-state index contributed by atoms with van der Waals surface area (Å²) in [5, 5.41) is 0. The zero-order valence-electron chi connectivity index (χ0n) is 9.99. The lowest BCUT2D eigenvalue weighted by Crippen LogP contribution is -2.03. The van der Waals surface area contributed by atoms with E-state index in [0.29, 0.717) is 22.2 Å². The van der Waals surface area contributed by atoms with E-state index in [9.17, 15) is 18.0 Å². The molecule has 0 aliphatic rings. The van der Waals surface area contributed by atoms with Crippen molar-refractivity contribution in [3.05, 3.63) is 58.6 Å². The predicted octanol–water partition coefficient (Wildman–Crippen LogP) is 3.81. The summed E-state index contributed by atoms with van der Waals surface area (Å²) in [6, 6.07) is 9.77. The van der Waals surface area contributed by atoms with Gasteiger partial charge in [0.1, 0.15) is 0 Å². The second-order valence-corrected chi connectivity index (χ2v) is 4.30. The lowest BCUT2D eigenvalue weighted by Gasteiger charge is -2.07. The van der Waals surface area contributed by atoms with Crippen molar-refractivity contribution in [2.75, 3.05) is 0 Å². The highest BCUT2D eigenvalue weighted by Gasteiger charge is 2.29. The highest BCUT2D eigenvalue weighted by molar-refractivity contribution is 5.80. The van der Waals surface area contributed by atoms with Gasteiger partial charge in [0.2, 0.25) is 0 Å². The van der Waals surface area contributed by atoms with Crippen LogP contribution >= 0.6 is 0 Å². The lowest BCUT2D eigenvalue weighted by atomic mass is 10.0. The molecular weight excluding hydrogens is 271 g/mol. The quantitative estimate of drug-likeness (QED) is 0.736. The van der Waals surface area contributed by atoms with Crippen LogP contribution in [0.5, 0.6) is 0 Å². The molecule has 0 aliphatic heterocycles. The number of H-pyrrole nitrogens is 1. The molecule has 2 aromatic carbocycles. The number of hydrogen-bond acceptors (Lipinski definition) is 2. The molecule has 0 spiro atoms. The number of benzene rings is 2. The Labute approximate surface area is 110 Å². The van der Waals surface area contributed by atoms with Gasteiger partial charge in [0.05, 0.1) is 11.1 Å². The van der Waals surface area contributed by atoms with Crippen molar-refractivity contribution in [3.63, 3.8) is 0 Å². The third-order valence-electron chi connectivity index (χ3n) is 2.96. The third kappa shape index (κ3) is 2.20. The number of oxazole rings is 1. The van der Waals surface area contributed by atoms with Gasteiger partial charge in [-0.1, -0.05) is 18.2 Å². The fraction of sp³-hybridized carbons (Fsp3) is 0.0714. The first-order valence-electron chi connectivity index (χ1n) is 5.74. The molecule has 0 bridgehead atoms. The summed E-state index contributed by atoms with van der Waals surface area (Å²) < 4.78 is 42.3. The van der Waals surface area contributed by atoms with Gasteiger partial charge >= 0.3 is 11.9 Å². The number of alkyl halides is 3. The zero-order valence-corrected chi connectivity index (χ0v) is 9.99. The Morgan fingerprint density at radius 2 is 1.60 bits per heavy atom. The average molecular weight is 279 g/mol. The Bertz CT molecular complexity index is 813. The van der Waals surface area contributed by atoms with Crippen LogP contribution in [0.4, 0.5) is 13.2 Å². The van der Waals surface area contributed by atoms with E-state index in [-0.39, 0.29) is 0 Å². The van der Waals surface area contributed by atoms with Crippen LogP contribution in [0.25, 0.3) is 22.2 Å². The molecule has 102 valence electrons. The van der Waals surface area contributed by atoms with E-state index < -0.39 is 17.5 Å². The number of hydrogen-bond donors (Lipinski definition) is 1. The number of rotatable bonds is 1. The summed E-state index contributed by atoms with van der Waals surface area (Å²) in [6.07, 6.45) is -4.35. The number of nitrogens with one attached hydrogen (secondary N) is 1. The van der Waals surface area contributed by atoms with Gasteiger partial charge in [0, 0.05) is 0 Å². The summed E-state index contributed by atoms with van der Waals surface area (Å²) >= 11 is 0. The van der Waals surface area contributed by atoms with Gasteiger partial charge < -0.3 is 4.42 Å². The monoisotopic (exact) mass is 279 g/mol. The number of halogens is 3. The second-order valence-electron chi connectivity index (χ2n) is 4.30. The van der Waals surface area contributed by atoms with Gasteiger partial charge in [-0.15, -0.1) is 0 Å². The summed E-state index contributed by atoms with van der Waals surface area (Å²) in [5.74, 6) is -0.565. The molecule has 0 fully saturated rings. The van der Waals surface area contributed by atoms with Crippen LogP contribution < -0.4 is 5.76 Å². The molecule has 0 radical (unpaired) electrons. The van der Waals surface area contributed by atoms with E-state index in [1.54, 1.807) is 18.2 Å². The molecule has 3 nitrogen and oxygen atoms in total.